The average Bonchev–Trinajstić information content (AvgIpc) is 3.06. The second-order valence-corrected chi connectivity index (χ2v) is 5.90. The maximum absolute atomic E-state index is 12.3. The van der Waals surface area contributed by atoms with E-state index in [4.69, 9.17) is 25.8 Å². The summed E-state index contributed by atoms with van der Waals surface area (Å²) in [6, 6.07) is 10.6. The number of methoxy groups -OCH3 is 3. The van der Waals surface area contributed by atoms with Gasteiger partial charge in [0.25, 0.3) is 5.56 Å². The lowest BCUT2D eigenvalue weighted by atomic mass is 10.1. The minimum atomic E-state index is -0.311. The number of ether oxygens (including phenoxy) is 3. The van der Waals surface area contributed by atoms with Gasteiger partial charge in [-0.15, -0.1) is 0 Å². The standard InChI is InChI=1S/C19H18ClN3O4/c1-25-15-8-11(9-16(26-2)18(15)27-3)17-12(19(24)23-22-17)10-21-14-7-5-4-6-13(14)20/h4-10H,1-3H3,(H2,22,23,24). The molecular formula is C19H18ClN3O4. The molecule has 0 unspecified atom stereocenters. The van der Waals surface area contributed by atoms with Gasteiger partial charge in [-0.05, 0) is 24.3 Å². The molecule has 2 N–H and O–H groups in total. The largest absolute Gasteiger partial charge is 0.493 e. The molecule has 2 aromatic carbocycles. The Bertz CT molecular complexity index is 1010. The number of H-pyrrole nitrogens is 2. The van der Waals surface area contributed by atoms with E-state index in [0.717, 1.165) is 0 Å². The van der Waals surface area contributed by atoms with Crippen molar-refractivity contribution in [2.24, 2.45) is 4.99 Å². The zero-order valence-electron chi connectivity index (χ0n) is 15.0. The van der Waals surface area contributed by atoms with Gasteiger partial charge in [-0.2, -0.15) is 0 Å². The van der Waals surface area contributed by atoms with Gasteiger partial charge in [-0.1, -0.05) is 23.7 Å². The fourth-order valence-corrected chi connectivity index (χ4v) is 2.82. The van der Waals surface area contributed by atoms with Crippen molar-refractivity contribution in [3.05, 3.63) is 57.3 Å². The predicted molar refractivity (Wildman–Crippen MR) is 105 cm³/mol. The number of rotatable bonds is 6. The molecule has 1 heterocycles. The molecule has 3 rings (SSSR count). The fraction of sp³-hybridized carbons (Fsp3) is 0.158. The summed E-state index contributed by atoms with van der Waals surface area (Å²) in [4.78, 5) is 16.6. The van der Waals surface area contributed by atoms with Crippen molar-refractivity contribution < 1.29 is 14.2 Å². The van der Waals surface area contributed by atoms with E-state index >= 15 is 0 Å². The molecule has 3 aromatic rings. The molecule has 0 amide bonds. The van der Waals surface area contributed by atoms with E-state index in [1.807, 2.05) is 12.1 Å². The summed E-state index contributed by atoms with van der Waals surface area (Å²) in [5.41, 5.74) is 1.81. The van der Waals surface area contributed by atoms with Crippen molar-refractivity contribution in [2.75, 3.05) is 21.3 Å². The molecule has 0 fully saturated rings. The first-order valence-electron chi connectivity index (χ1n) is 7.98. The molecule has 7 nitrogen and oxygen atoms in total. The maximum Gasteiger partial charge on any atom is 0.273 e. The van der Waals surface area contributed by atoms with Gasteiger partial charge >= 0.3 is 0 Å². The molecule has 27 heavy (non-hydrogen) atoms. The highest BCUT2D eigenvalue weighted by Gasteiger charge is 2.17. The van der Waals surface area contributed by atoms with Crippen LogP contribution in [0.5, 0.6) is 17.2 Å². The Labute approximate surface area is 160 Å². The van der Waals surface area contributed by atoms with E-state index in [1.54, 1.807) is 24.3 Å². The Kier molecular flexibility index (Phi) is 5.52. The van der Waals surface area contributed by atoms with Crippen LogP contribution in [0.25, 0.3) is 11.3 Å². The van der Waals surface area contributed by atoms with Crippen molar-refractivity contribution in [1.29, 1.82) is 0 Å². The summed E-state index contributed by atoms with van der Waals surface area (Å²) in [7, 11) is 4.58. The number of aliphatic imine (C=N–C) groups is 1. The smallest absolute Gasteiger partial charge is 0.273 e. The highest BCUT2D eigenvalue weighted by atomic mass is 35.5. The number of nitrogens with one attached hydrogen (secondary N) is 2. The molecule has 0 spiro atoms. The van der Waals surface area contributed by atoms with Gasteiger partial charge < -0.3 is 14.2 Å². The highest BCUT2D eigenvalue weighted by molar-refractivity contribution is 6.33. The van der Waals surface area contributed by atoms with E-state index in [1.165, 1.54) is 27.5 Å². The molecule has 0 atom stereocenters. The zero-order valence-corrected chi connectivity index (χ0v) is 15.8. The van der Waals surface area contributed by atoms with Crippen LogP contribution in [-0.2, 0) is 0 Å². The van der Waals surface area contributed by atoms with Crippen LogP contribution in [0.1, 0.15) is 5.56 Å². The second-order valence-electron chi connectivity index (χ2n) is 5.49. The van der Waals surface area contributed by atoms with E-state index in [-0.39, 0.29) is 5.56 Å². The zero-order chi connectivity index (χ0) is 19.4. The first-order valence-corrected chi connectivity index (χ1v) is 8.36. The van der Waals surface area contributed by atoms with Gasteiger partial charge in [-0.3, -0.25) is 20.0 Å². The van der Waals surface area contributed by atoms with Crippen LogP contribution in [0.15, 0.2) is 46.2 Å². The quantitative estimate of drug-likeness (QED) is 0.629. The summed E-state index contributed by atoms with van der Waals surface area (Å²) >= 11 is 6.12. The minimum Gasteiger partial charge on any atom is -0.493 e. The van der Waals surface area contributed by atoms with Gasteiger partial charge in [0, 0.05) is 11.8 Å². The molecule has 0 aliphatic rings. The Balaban J connectivity index is 2.10. The number of halogens is 1. The van der Waals surface area contributed by atoms with Crippen LogP contribution >= 0.6 is 11.6 Å². The van der Waals surface area contributed by atoms with E-state index < -0.39 is 0 Å². The van der Waals surface area contributed by atoms with Crippen molar-refractivity contribution in [2.45, 2.75) is 0 Å². The van der Waals surface area contributed by atoms with Crippen LogP contribution in [0.3, 0.4) is 0 Å². The number of nitrogens with zero attached hydrogens (tertiary/aromatic N) is 1. The first kappa shape index (κ1) is 18.6. The molecule has 0 saturated carbocycles. The summed E-state index contributed by atoms with van der Waals surface area (Å²) < 4.78 is 16.1. The first-order chi connectivity index (χ1) is 13.1. The van der Waals surface area contributed by atoms with Gasteiger partial charge in [0.1, 0.15) is 0 Å². The summed E-state index contributed by atoms with van der Waals surface area (Å²) in [5.74, 6) is 1.42. The van der Waals surface area contributed by atoms with Crippen molar-refractivity contribution >= 4 is 23.5 Å². The number of aromatic amines is 2. The Morgan fingerprint density at radius 2 is 1.67 bits per heavy atom. The van der Waals surface area contributed by atoms with Crippen molar-refractivity contribution in [3.8, 4) is 28.5 Å². The third kappa shape index (κ3) is 3.68. The molecule has 140 valence electrons. The Morgan fingerprint density at radius 3 is 2.26 bits per heavy atom. The van der Waals surface area contributed by atoms with Crippen LogP contribution in [-0.4, -0.2) is 37.7 Å². The predicted octanol–water partition coefficient (Wildman–Crippen LogP) is 3.80. The van der Waals surface area contributed by atoms with Crippen LogP contribution in [0.4, 0.5) is 5.69 Å². The van der Waals surface area contributed by atoms with E-state index in [0.29, 0.717) is 44.8 Å². The Hall–Kier alpha value is -3.19. The van der Waals surface area contributed by atoms with Gasteiger partial charge in [0.05, 0.1) is 43.3 Å². The lowest BCUT2D eigenvalue weighted by molar-refractivity contribution is 0.324. The van der Waals surface area contributed by atoms with Gasteiger partial charge in [0.15, 0.2) is 11.5 Å². The topological polar surface area (TPSA) is 88.7 Å². The summed E-state index contributed by atoms with van der Waals surface area (Å²) in [6.45, 7) is 0. The summed E-state index contributed by atoms with van der Waals surface area (Å²) in [6.07, 6.45) is 1.47. The molecule has 0 saturated heterocycles. The van der Waals surface area contributed by atoms with E-state index in [9.17, 15) is 4.79 Å². The molecule has 0 aliphatic heterocycles. The number of hydrogen-bond donors (Lipinski definition) is 2. The molecule has 1 aromatic heterocycles. The molecule has 0 aliphatic carbocycles. The highest BCUT2D eigenvalue weighted by Crippen LogP contribution is 2.41. The third-order valence-electron chi connectivity index (χ3n) is 3.95. The number of para-hydroxylation sites is 1. The third-order valence-corrected chi connectivity index (χ3v) is 4.27. The van der Waals surface area contributed by atoms with Crippen LogP contribution < -0.4 is 19.8 Å². The molecule has 8 heteroatoms. The lowest BCUT2D eigenvalue weighted by Crippen LogP contribution is -2.05. The van der Waals surface area contributed by atoms with Crippen molar-refractivity contribution in [1.82, 2.24) is 10.2 Å². The number of benzene rings is 2. The maximum atomic E-state index is 12.3. The minimum absolute atomic E-state index is 0.311. The monoisotopic (exact) mass is 387 g/mol. The SMILES string of the molecule is COc1cc(-c2[nH][nH]c(=O)c2C=Nc2ccccc2Cl)cc(OC)c1OC. The summed E-state index contributed by atoms with van der Waals surface area (Å²) in [5, 5.41) is 5.94. The van der Waals surface area contributed by atoms with Gasteiger partial charge in [-0.25, -0.2) is 0 Å². The van der Waals surface area contributed by atoms with Crippen LogP contribution in [0.2, 0.25) is 5.02 Å². The van der Waals surface area contributed by atoms with Gasteiger partial charge in [0.2, 0.25) is 5.75 Å². The Morgan fingerprint density at radius 1 is 1.00 bits per heavy atom. The fourth-order valence-electron chi connectivity index (χ4n) is 2.63. The number of aromatic nitrogens is 2. The lowest BCUT2D eigenvalue weighted by Gasteiger charge is -2.13. The van der Waals surface area contributed by atoms with E-state index in [2.05, 4.69) is 15.2 Å². The molecular weight excluding hydrogens is 370 g/mol. The number of hydrogen-bond acceptors (Lipinski definition) is 5. The average molecular weight is 388 g/mol. The normalized spacial score (nSPS) is 11.0. The second kappa shape index (κ2) is 8.01. The molecule has 0 radical (unpaired) electrons. The van der Waals surface area contributed by atoms with Crippen LogP contribution in [0, 0.1) is 0 Å². The molecule has 0 bridgehead atoms. The van der Waals surface area contributed by atoms with Crippen molar-refractivity contribution in [3.63, 3.8) is 0 Å².